The Morgan fingerprint density at radius 2 is 2.03 bits per heavy atom. The molecule has 1 heterocycles. The molecule has 3 rings (SSSR count). The summed E-state index contributed by atoms with van der Waals surface area (Å²) in [6, 6.07) is 12.9. The molecule has 1 fully saturated rings. The molecule has 30 heavy (non-hydrogen) atoms. The summed E-state index contributed by atoms with van der Waals surface area (Å²) in [5.41, 5.74) is 1.73. The van der Waals surface area contributed by atoms with Gasteiger partial charge in [0, 0.05) is 32.3 Å². The van der Waals surface area contributed by atoms with Crippen molar-refractivity contribution in [2.24, 2.45) is 0 Å². The van der Waals surface area contributed by atoms with Crippen LogP contribution in [0.1, 0.15) is 24.0 Å². The third-order valence-electron chi connectivity index (χ3n) is 5.26. The fourth-order valence-corrected chi connectivity index (χ4v) is 3.89. The summed E-state index contributed by atoms with van der Waals surface area (Å²) in [6.07, 6.45) is 2.34. The van der Waals surface area contributed by atoms with Crippen LogP contribution in [0.5, 0.6) is 5.75 Å². The van der Waals surface area contributed by atoms with E-state index < -0.39 is 0 Å². The van der Waals surface area contributed by atoms with Gasteiger partial charge < -0.3 is 14.8 Å². The van der Waals surface area contributed by atoms with Crippen LogP contribution in [0.15, 0.2) is 46.9 Å². The van der Waals surface area contributed by atoms with Crippen LogP contribution in [0, 0.1) is 5.82 Å². The maximum absolute atomic E-state index is 13.3. The highest BCUT2D eigenvalue weighted by molar-refractivity contribution is 9.10. The number of ether oxygens (including phenoxy) is 2. The molecule has 2 aromatic rings. The van der Waals surface area contributed by atoms with Crippen molar-refractivity contribution in [3.05, 3.63) is 63.9 Å². The number of nitrogens with one attached hydrogen (secondary N) is 1. The Labute approximate surface area is 185 Å². The lowest BCUT2D eigenvalue weighted by molar-refractivity contribution is -0.120. The molecule has 5 nitrogen and oxygen atoms in total. The number of rotatable bonds is 9. The van der Waals surface area contributed by atoms with Crippen LogP contribution in [-0.4, -0.2) is 50.3 Å². The summed E-state index contributed by atoms with van der Waals surface area (Å²) < 4.78 is 25.0. The fraction of sp³-hybridized carbons (Fsp3) is 0.435. The van der Waals surface area contributed by atoms with Crippen molar-refractivity contribution in [2.75, 3.05) is 33.4 Å². The van der Waals surface area contributed by atoms with E-state index in [9.17, 15) is 9.18 Å². The summed E-state index contributed by atoms with van der Waals surface area (Å²) in [5.74, 6) is 0.345. The molecule has 0 aliphatic carbocycles. The Bertz CT molecular complexity index is 843. The molecular weight excluding hydrogens is 451 g/mol. The van der Waals surface area contributed by atoms with Crippen LogP contribution >= 0.6 is 15.9 Å². The minimum atomic E-state index is -0.338. The molecule has 2 aromatic carbocycles. The molecule has 0 unspecified atom stereocenters. The third-order valence-corrected chi connectivity index (χ3v) is 5.87. The van der Waals surface area contributed by atoms with Gasteiger partial charge in [0.1, 0.15) is 18.2 Å². The molecule has 0 radical (unpaired) electrons. The molecule has 7 heteroatoms. The predicted molar refractivity (Wildman–Crippen MR) is 118 cm³/mol. The summed E-state index contributed by atoms with van der Waals surface area (Å²) in [7, 11) is 2.13. The summed E-state index contributed by atoms with van der Waals surface area (Å²) >= 11 is 3.14. The number of hydrogen-bond acceptors (Lipinski definition) is 4. The number of hydrogen-bond donors (Lipinski definition) is 1. The van der Waals surface area contributed by atoms with E-state index in [0.29, 0.717) is 23.7 Å². The van der Waals surface area contributed by atoms with Gasteiger partial charge in [0.15, 0.2) is 0 Å². The second kappa shape index (κ2) is 11.4. The largest absolute Gasteiger partial charge is 0.492 e. The van der Waals surface area contributed by atoms with E-state index in [1.165, 1.54) is 6.07 Å². The molecule has 0 spiro atoms. The molecule has 1 saturated heterocycles. The average Bonchev–Trinajstić information content (AvgIpc) is 2.76. The smallest absolute Gasteiger partial charge is 0.224 e. The zero-order valence-electron chi connectivity index (χ0n) is 17.2. The van der Waals surface area contributed by atoms with Crippen LogP contribution in [0.25, 0.3) is 0 Å². The SMILES string of the molecule is CN(CCOc1cccc(CNC(=O)Cc2ccc(F)c(Br)c2)c1)C1CCOCC1. The standard InChI is InChI=1S/C23H28BrFN2O3/c1-27(19-7-10-29-11-8-19)9-12-30-20-4-2-3-18(13-20)16-26-23(28)15-17-5-6-22(25)21(24)14-17/h2-6,13-14,19H,7-12,15-16H2,1H3,(H,26,28). The molecule has 0 atom stereocenters. The van der Waals surface area contributed by atoms with Gasteiger partial charge in [-0.25, -0.2) is 4.39 Å². The van der Waals surface area contributed by atoms with E-state index in [-0.39, 0.29) is 18.1 Å². The van der Waals surface area contributed by atoms with Gasteiger partial charge in [-0.05, 0) is 71.2 Å². The lowest BCUT2D eigenvalue weighted by Gasteiger charge is -2.31. The monoisotopic (exact) mass is 478 g/mol. The topological polar surface area (TPSA) is 50.8 Å². The van der Waals surface area contributed by atoms with Crippen molar-refractivity contribution in [1.29, 1.82) is 0 Å². The van der Waals surface area contributed by atoms with E-state index >= 15 is 0 Å². The number of amides is 1. The summed E-state index contributed by atoms with van der Waals surface area (Å²) in [5, 5.41) is 2.90. The minimum absolute atomic E-state index is 0.113. The van der Waals surface area contributed by atoms with Gasteiger partial charge in [-0.3, -0.25) is 9.69 Å². The van der Waals surface area contributed by atoms with Crippen LogP contribution < -0.4 is 10.1 Å². The van der Waals surface area contributed by atoms with Gasteiger partial charge in [-0.2, -0.15) is 0 Å². The van der Waals surface area contributed by atoms with E-state index in [1.54, 1.807) is 12.1 Å². The second-order valence-corrected chi connectivity index (χ2v) is 8.38. The first-order chi connectivity index (χ1) is 14.5. The second-order valence-electron chi connectivity index (χ2n) is 7.52. The summed E-state index contributed by atoms with van der Waals surface area (Å²) in [6.45, 7) is 3.56. The molecule has 0 aromatic heterocycles. The molecule has 0 saturated carbocycles. The number of nitrogens with zero attached hydrogens (tertiary/aromatic N) is 1. The van der Waals surface area contributed by atoms with Gasteiger partial charge in [-0.1, -0.05) is 18.2 Å². The van der Waals surface area contributed by atoms with Crippen molar-refractivity contribution in [2.45, 2.75) is 31.8 Å². The van der Waals surface area contributed by atoms with Gasteiger partial charge in [0.05, 0.1) is 10.9 Å². The highest BCUT2D eigenvalue weighted by Crippen LogP contribution is 2.18. The van der Waals surface area contributed by atoms with Crippen LogP contribution in [-0.2, 0) is 22.5 Å². The average molecular weight is 479 g/mol. The third kappa shape index (κ3) is 7.07. The van der Waals surface area contributed by atoms with E-state index in [0.717, 1.165) is 49.5 Å². The molecule has 1 aliphatic heterocycles. The Kier molecular flexibility index (Phi) is 8.66. The first kappa shape index (κ1) is 22.7. The molecule has 1 N–H and O–H groups in total. The van der Waals surface area contributed by atoms with E-state index in [2.05, 4.69) is 33.2 Å². The maximum Gasteiger partial charge on any atom is 0.224 e. The number of carbonyl (C=O) groups excluding carboxylic acids is 1. The molecule has 1 aliphatic rings. The van der Waals surface area contributed by atoms with Crippen molar-refractivity contribution in [3.63, 3.8) is 0 Å². The van der Waals surface area contributed by atoms with E-state index in [1.807, 2.05) is 24.3 Å². The number of halogens is 2. The lowest BCUT2D eigenvalue weighted by Crippen LogP contribution is -2.38. The highest BCUT2D eigenvalue weighted by atomic mass is 79.9. The van der Waals surface area contributed by atoms with Gasteiger partial charge in [0.25, 0.3) is 0 Å². The Balaban J connectivity index is 1.42. The van der Waals surface area contributed by atoms with Gasteiger partial charge in [0.2, 0.25) is 5.91 Å². The van der Waals surface area contributed by atoms with Gasteiger partial charge in [-0.15, -0.1) is 0 Å². The Morgan fingerprint density at radius 1 is 1.23 bits per heavy atom. The normalized spacial score (nSPS) is 14.7. The molecule has 162 valence electrons. The number of benzene rings is 2. The Morgan fingerprint density at radius 3 is 2.80 bits per heavy atom. The van der Waals surface area contributed by atoms with Crippen LogP contribution in [0.2, 0.25) is 0 Å². The first-order valence-electron chi connectivity index (χ1n) is 10.2. The molecule has 0 bridgehead atoms. The zero-order valence-corrected chi connectivity index (χ0v) is 18.8. The highest BCUT2D eigenvalue weighted by Gasteiger charge is 2.18. The van der Waals surface area contributed by atoms with Crippen molar-refractivity contribution in [1.82, 2.24) is 10.2 Å². The lowest BCUT2D eigenvalue weighted by atomic mass is 10.1. The summed E-state index contributed by atoms with van der Waals surface area (Å²) in [4.78, 5) is 14.5. The Hall–Kier alpha value is -1.96. The number of likely N-dealkylation sites (N-methyl/N-ethyl adjacent to an activating group) is 1. The minimum Gasteiger partial charge on any atom is -0.492 e. The molecule has 1 amide bonds. The molecular formula is C23H28BrFN2O3. The zero-order chi connectivity index (χ0) is 21.3. The first-order valence-corrected chi connectivity index (χ1v) is 11.0. The van der Waals surface area contributed by atoms with Crippen LogP contribution in [0.4, 0.5) is 4.39 Å². The fourth-order valence-electron chi connectivity index (χ4n) is 3.46. The van der Waals surface area contributed by atoms with Crippen molar-refractivity contribution in [3.8, 4) is 5.75 Å². The van der Waals surface area contributed by atoms with Crippen molar-refractivity contribution >= 4 is 21.8 Å². The van der Waals surface area contributed by atoms with Gasteiger partial charge >= 0.3 is 0 Å². The predicted octanol–water partition coefficient (Wildman–Crippen LogP) is 3.94. The number of carbonyl (C=O) groups is 1. The van der Waals surface area contributed by atoms with Crippen LogP contribution in [0.3, 0.4) is 0 Å². The van der Waals surface area contributed by atoms with Crippen molar-refractivity contribution < 1.29 is 18.7 Å². The maximum atomic E-state index is 13.3. The van der Waals surface area contributed by atoms with E-state index in [4.69, 9.17) is 9.47 Å². The quantitative estimate of drug-likeness (QED) is 0.592.